The fourth-order valence-electron chi connectivity index (χ4n) is 3.19. The van der Waals surface area contributed by atoms with Crippen LogP contribution < -0.4 is 4.74 Å². The summed E-state index contributed by atoms with van der Waals surface area (Å²) >= 11 is 0. The van der Waals surface area contributed by atoms with E-state index in [0.717, 1.165) is 41.2 Å². The number of rotatable bonds is 7. The van der Waals surface area contributed by atoms with Gasteiger partial charge in [-0.25, -0.2) is 0 Å². The lowest BCUT2D eigenvalue weighted by atomic mass is 9.93. The molecule has 2 N–H and O–H groups in total. The number of ether oxygens (including phenoxy) is 1. The number of carboxylic acids is 1. The van der Waals surface area contributed by atoms with Crippen LogP contribution >= 0.6 is 0 Å². The third kappa shape index (κ3) is 4.31. The molecule has 0 spiro atoms. The molecule has 5 heteroatoms. The van der Waals surface area contributed by atoms with Crippen LogP contribution in [0.5, 0.6) is 11.5 Å². The van der Waals surface area contributed by atoms with E-state index in [2.05, 4.69) is 18.2 Å². The molecule has 1 heterocycles. The van der Waals surface area contributed by atoms with E-state index < -0.39 is 12.1 Å². The number of hydrogen-bond acceptors (Lipinski definition) is 4. The topological polar surface area (TPSA) is 70.0 Å². The Morgan fingerprint density at radius 1 is 1.12 bits per heavy atom. The Morgan fingerprint density at radius 2 is 1.69 bits per heavy atom. The van der Waals surface area contributed by atoms with Crippen LogP contribution in [0, 0.1) is 0 Å². The van der Waals surface area contributed by atoms with Crippen LogP contribution in [-0.4, -0.2) is 47.3 Å². The molecule has 0 aromatic heterocycles. The van der Waals surface area contributed by atoms with Crippen LogP contribution in [0.15, 0.2) is 54.6 Å². The minimum absolute atomic E-state index is 0.233. The smallest absolute Gasteiger partial charge is 0.306 e. The van der Waals surface area contributed by atoms with Gasteiger partial charge in [0.05, 0.1) is 12.5 Å². The Hall–Kier alpha value is -2.63. The zero-order valence-electron chi connectivity index (χ0n) is 14.8. The number of aliphatic hydroxyl groups excluding tert-OH is 1. The zero-order valence-corrected chi connectivity index (χ0v) is 14.8. The third-order valence-corrected chi connectivity index (χ3v) is 4.37. The first kappa shape index (κ1) is 18.2. The van der Waals surface area contributed by atoms with E-state index in [1.807, 2.05) is 48.3 Å². The highest BCUT2D eigenvalue weighted by Gasteiger charge is 2.20. The van der Waals surface area contributed by atoms with E-state index in [0.29, 0.717) is 6.54 Å². The second-order valence-corrected chi connectivity index (χ2v) is 6.51. The summed E-state index contributed by atoms with van der Waals surface area (Å²) in [5, 5.41) is 18.5. The van der Waals surface area contributed by atoms with Crippen molar-refractivity contribution >= 4 is 11.5 Å². The second kappa shape index (κ2) is 8.17. The van der Waals surface area contributed by atoms with Gasteiger partial charge in [0, 0.05) is 24.2 Å². The number of hydrogen-bond donors (Lipinski definition) is 2. The molecule has 1 aliphatic heterocycles. The van der Waals surface area contributed by atoms with Crippen molar-refractivity contribution in [2.45, 2.75) is 18.9 Å². The molecule has 26 heavy (non-hydrogen) atoms. The first-order chi connectivity index (χ1) is 12.5. The van der Waals surface area contributed by atoms with Crippen molar-refractivity contribution in [3.05, 3.63) is 65.7 Å². The summed E-state index contributed by atoms with van der Waals surface area (Å²) in [6.07, 6.45) is 1.88. The van der Waals surface area contributed by atoms with Gasteiger partial charge in [-0.05, 0) is 31.2 Å². The fraction of sp³-hybridized carbons (Fsp3) is 0.286. The van der Waals surface area contributed by atoms with E-state index in [4.69, 9.17) is 9.84 Å². The van der Waals surface area contributed by atoms with Gasteiger partial charge in [-0.3, -0.25) is 4.79 Å². The number of carbonyl (C=O) groups is 1. The van der Waals surface area contributed by atoms with Crippen molar-refractivity contribution in [1.29, 1.82) is 0 Å². The zero-order chi connectivity index (χ0) is 18.5. The maximum absolute atomic E-state index is 10.6. The van der Waals surface area contributed by atoms with Gasteiger partial charge >= 0.3 is 5.97 Å². The van der Waals surface area contributed by atoms with Crippen LogP contribution in [0.4, 0.5) is 0 Å². The highest BCUT2D eigenvalue weighted by Crippen LogP contribution is 2.43. The quantitative estimate of drug-likeness (QED) is 0.681. The predicted octanol–water partition coefficient (Wildman–Crippen LogP) is 3.38. The number of likely N-dealkylation sites (N-methyl/N-ethyl adjacent to an activating group) is 1. The van der Waals surface area contributed by atoms with Crippen molar-refractivity contribution < 1.29 is 19.7 Å². The molecule has 0 saturated heterocycles. The lowest BCUT2D eigenvalue weighted by molar-refractivity contribution is -0.139. The molecule has 3 rings (SSSR count). The first-order valence-electron chi connectivity index (χ1n) is 8.70. The molecule has 0 fully saturated rings. The molecule has 2 aromatic rings. The largest absolute Gasteiger partial charge is 0.481 e. The number of para-hydroxylation sites is 2. The monoisotopic (exact) mass is 353 g/mol. The van der Waals surface area contributed by atoms with E-state index in [-0.39, 0.29) is 6.42 Å². The molecule has 0 saturated carbocycles. The minimum atomic E-state index is -0.983. The molecular weight excluding hydrogens is 330 g/mol. The maximum atomic E-state index is 10.6. The van der Waals surface area contributed by atoms with Gasteiger partial charge in [-0.2, -0.15) is 0 Å². The second-order valence-electron chi connectivity index (χ2n) is 6.51. The molecule has 136 valence electrons. The van der Waals surface area contributed by atoms with Crippen LogP contribution in [0.2, 0.25) is 0 Å². The maximum Gasteiger partial charge on any atom is 0.306 e. The van der Waals surface area contributed by atoms with Gasteiger partial charge in [0.15, 0.2) is 0 Å². The van der Waals surface area contributed by atoms with Crippen LogP contribution in [0.3, 0.4) is 0 Å². The van der Waals surface area contributed by atoms with E-state index >= 15 is 0 Å². The molecular formula is C21H23NO4. The molecule has 0 radical (unpaired) electrons. The lowest BCUT2D eigenvalue weighted by Crippen LogP contribution is -2.31. The molecule has 5 nitrogen and oxygen atoms in total. The van der Waals surface area contributed by atoms with Crippen molar-refractivity contribution in [3.8, 4) is 11.5 Å². The van der Waals surface area contributed by atoms with Crippen molar-refractivity contribution in [2.24, 2.45) is 0 Å². The number of fused-ring (bicyclic) bond motifs is 2. The van der Waals surface area contributed by atoms with E-state index in [9.17, 15) is 9.90 Å². The van der Waals surface area contributed by atoms with Gasteiger partial charge < -0.3 is 19.8 Å². The van der Waals surface area contributed by atoms with E-state index in [1.54, 1.807) is 0 Å². The summed E-state index contributed by atoms with van der Waals surface area (Å²) in [7, 11) is 1.88. The van der Waals surface area contributed by atoms with Gasteiger partial charge in [-0.1, -0.05) is 42.5 Å². The highest BCUT2D eigenvalue weighted by atomic mass is 16.5. The molecule has 0 aliphatic carbocycles. The Bertz CT molecular complexity index is 768. The summed E-state index contributed by atoms with van der Waals surface area (Å²) in [4.78, 5) is 12.6. The standard InChI is InChI=1S/C21H23NO4/c1-22(14-15(23)13-21(24)25)12-6-9-16-17-7-2-4-10-19(17)26-20-11-5-3-8-18(16)20/h2-5,7-11,15,23H,6,12-14H2,1H3,(H,24,25). The average molecular weight is 353 g/mol. The summed E-state index contributed by atoms with van der Waals surface area (Å²) in [6, 6.07) is 16.0. The summed E-state index contributed by atoms with van der Waals surface area (Å²) < 4.78 is 5.98. The Labute approximate surface area is 153 Å². The number of aliphatic carboxylic acids is 1. The summed E-state index contributed by atoms with van der Waals surface area (Å²) in [5.41, 5.74) is 3.28. The Balaban J connectivity index is 1.72. The predicted molar refractivity (Wildman–Crippen MR) is 100 cm³/mol. The third-order valence-electron chi connectivity index (χ3n) is 4.37. The molecule has 1 aliphatic rings. The Kier molecular flexibility index (Phi) is 5.71. The molecule has 1 atom stereocenters. The van der Waals surface area contributed by atoms with Crippen LogP contribution in [0.25, 0.3) is 5.57 Å². The molecule has 0 amide bonds. The average Bonchev–Trinajstić information content (AvgIpc) is 2.60. The summed E-state index contributed by atoms with van der Waals surface area (Å²) in [5.74, 6) is 0.716. The highest BCUT2D eigenvalue weighted by molar-refractivity contribution is 5.87. The number of benzene rings is 2. The van der Waals surface area contributed by atoms with Crippen molar-refractivity contribution in [2.75, 3.05) is 20.1 Å². The minimum Gasteiger partial charge on any atom is -0.481 e. The van der Waals surface area contributed by atoms with Gasteiger partial charge in [0.2, 0.25) is 0 Å². The number of aliphatic hydroxyl groups is 1. The van der Waals surface area contributed by atoms with E-state index in [1.165, 1.54) is 0 Å². The number of carboxylic acid groups (broad SMARTS) is 1. The lowest BCUT2D eigenvalue weighted by Gasteiger charge is -2.23. The van der Waals surface area contributed by atoms with Crippen LogP contribution in [-0.2, 0) is 4.79 Å². The fourth-order valence-corrected chi connectivity index (χ4v) is 3.19. The van der Waals surface area contributed by atoms with Gasteiger partial charge in [-0.15, -0.1) is 0 Å². The van der Waals surface area contributed by atoms with Crippen LogP contribution in [0.1, 0.15) is 24.0 Å². The molecule has 0 bridgehead atoms. The van der Waals surface area contributed by atoms with Gasteiger partial charge in [0.25, 0.3) is 0 Å². The Morgan fingerprint density at radius 3 is 2.27 bits per heavy atom. The number of nitrogens with zero attached hydrogens (tertiary/aromatic N) is 1. The van der Waals surface area contributed by atoms with Crippen molar-refractivity contribution in [1.82, 2.24) is 4.90 Å². The van der Waals surface area contributed by atoms with Crippen molar-refractivity contribution in [3.63, 3.8) is 0 Å². The normalized spacial score (nSPS) is 13.6. The summed E-state index contributed by atoms with van der Waals surface area (Å²) in [6.45, 7) is 1.07. The SMILES string of the molecule is CN(CCC=C1c2ccccc2Oc2ccccc21)CC(O)CC(=O)O. The molecule has 2 aromatic carbocycles. The van der Waals surface area contributed by atoms with Gasteiger partial charge in [0.1, 0.15) is 11.5 Å². The first-order valence-corrected chi connectivity index (χ1v) is 8.70. The molecule has 1 unspecified atom stereocenters.